The van der Waals surface area contributed by atoms with Gasteiger partial charge in [0.1, 0.15) is 5.82 Å². The van der Waals surface area contributed by atoms with E-state index in [1.165, 1.54) is 19.0 Å². The van der Waals surface area contributed by atoms with Crippen molar-refractivity contribution in [2.75, 3.05) is 0 Å². The van der Waals surface area contributed by atoms with Crippen molar-refractivity contribution in [3.05, 3.63) is 59.9 Å². The van der Waals surface area contributed by atoms with Crippen LogP contribution >= 0.6 is 0 Å². The average molecular weight is 423 g/mol. The molecule has 1 aromatic carbocycles. The first kappa shape index (κ1) is 22.5. The van der Waals surface area contributed by atoms with Crippen molar-refractivity contribution in [2.24, 2.45) is 0 Å². The summed E-state index contributed by atoms with van der Waals surface area (Å²) in [7, 11) is 0. The van der Waals surface area contributed by atoms with E-state index in [4.69, 9.17) is 19.9 Å². The highest BCUT2D eigenvalue weighted by molar-refractivity contribution is 5.73. The van der Waals surface area contributed by atoms with Crippen molar-refractivity contribution in [1.82, 2.24) is 19.7 Å². The van der Waals surface area contributed by atoms with Crippen molar-refractivity contribution in [1.29, 1.82) is 0 Å². The number of rotatable bonds is 11. The van der Waals surface area contributed by atoms with Crippen LogP contribution in [-0.2, 0) is 19.4 Å². The Bertz CT molecular complexity index is 983. The highest BCUT2D eigenvalue weighted by Crippen LogP contribution is 2.29. The molecule has 2 heterocycles. The second-order valence-corrected chi connectivity index (χ2v) is 7.60. The number of benzene rings is 1. The first-order chi connectivity index (χ1) is 15.1. The fourth-order valence-corrected chi connectivity index (χ4v) is 3.47. The Morgan fingerprint density at radius 1 is 1.03 bits per heavy atom. The molecule has 0 aliphatic heterocycles. The van der Waals surface area contributed by atoms with Gasteiger partial charge in [-0.25, -0.2) is 14.5 Å². The molecular weight excluding hydrogens is 392 g/mol. The molecule has 0 saturated heterocycles. The minimum atomic E-state index is -1.36. The standard InChI is InChI=1S/C24H30N4O3/c1-3-5-7-8-22-26-23(9-6-4-2)28(27-22)17-18-10-12-19(13-11-18)20-14-15-25-16-21(20)31-24(29)30/h10-16H,3-9,17H2,1-2H3,(H,29,30). The number of carboxylic acid groups (broad SMARTS) is 1. The van der Waals surface area contributed by atoms with E-state index in [0.29, 0.717) is 12.1 Å². The van der Waals surface area contributed by atoms with Crippen molar-refractivity contribution in [3.8, 4) is 16.9 Å². The Hall–Kier alpha value is -3.22. The van der Waals surface area contributed by atoms with Gasteiger partial charge >= 0.3 is 6.16 Å². The molecule has 0 bridgehead atoms. The molecule has 2 aromatic heterocycles. The fourth-order valence-electron chi connectivity index (χ4n) is 3.47. The topological polar surface area (TPSA) is 90.1 Å². The van der Waals surface area contributed by atoms with Gasteiger partial charge in [0, 0.05) is 24.6 Å². The monoisotopic (exact) mass is 422 g/mol. The maximum Gasteiger partial charge on any atom is 0.511 e. The minimum Gasteiger partial charge on any atom is -0.449 e. The lowest BCUT2D eigenvalue weighted by Gasteiger charge is -2.09. The van der Waals surface area contributed by atoms with E-state index in [-0.39, 0.29) is 5.75 Å². The SMILES string of the molecule is CCCCCc1nc(CCCC)n(Cc2ccc(-c3ccncc3OC(=O)O)cc2)n1. The van der Waals surface area contributed by atoms with Crippen LogP contribution in [0.5, 0.6) is 5.75 Å². The van der Waals surface area contributed by atoms with Crippen LogP contribution in [0.3, 0.4) is 0 Å². The van der Waals surface area contributed by atoms with Crippen LogP contribution in [0.15, 0.2) is 42.7 Å². The zero-order valence-electron chi connectivity index (χ0n) is 18.3. The lowest BCUT2D eigenvalue weighted by atomic mass is 10.0. The van der Waals surface area contributed by atoms with Gasteiger partial charge in [-0.3, -0.25) is 4.98 Å². The predicted octanol–water partition coefficient (Wildman–Crippen LogP) is 5.52. The van der Waals surface area contributed by atoms with Crippen LogP contribution in [0.25, 0.3) is 11.1 Å². The normalized spacial score (nSPS) is 10.9. The Morgan fingerprint density at radius 2 is 1.81 bits per heavy atom. The van der Waals surface area contributed by atoms with Crippen molar-refractivity contribution >= 4 is 6.16 Å². The molecule has 0 saturated carbocycles. The number of aryl methyl sites for hydroxylation is 2. The third-order valence-electron chi connectivity index (χ3n) is 5.13. The van der Waals surface area contributed by atoms with Crippen molar-refractivity contribution in [3.63, 3.8) is 0 Å². The molecule has 7 heteroatoms. The molecule has 164 valence electrons. The summed E-state index contributed by atoms with van der Waals surface area (Å²) in [6.45, 7) is 5.04. The maximum atomic E-state index is 10.9. The number of nitrogens with zero attached hydrogens (tertiary/aromatic N) is 4. The molecular formula is C24H30N4O3. The molecule has 0 spiro atoms. The maximum absolute atomic E-state index is 10.9. The second-order valence-electron chi connectivity index (χ2n) is 7.60. The third-order valence-corrected chi connectivity index (χ3v) is 5.13. The van der Waals surface area contributed by atoms with E-state index in [2.05, 4.69) is 18.8 Å². The van der Waals surface area contributed by atoms with E-state index >= 15 is 0 Å². The average Bonchev–Trinajstić information content (AvgIpc) is 3.14. The zero-order valence-corrected chi connectivity index (χ0v) is 18.3. The number of carbonyl (C=O) groups is 1. The molecule has 3 aromatic rings. The van der Waals surface area contributed by atoms with Gasteiger partial charge < -0.3 is 9.84 Å². The first-order valence-corrected chi connectivity index (χ1v) is 11.0. The lowest BCUT2D eigenvalue weighted by Crippen LogP contribution is -2.07. The van der Waals surface area contributed by atoms with E-state index in [1.807, 2.05) is 28.9 Å². The summed E-state index contributed by atoms with van der Waals surface area (Å²) >= 11 is 0. The predicted molar refractivity (Wildman–Crippen MR) is 119 cm³/mol. The van der Waals surface area contributed by atoms with Gasteiger partial charge in [0.05, 0.1) is 12.7 Å². The summed E-state index contributed by atoms with van der Waals surface area (Å²) < 4.78 is 6.88. The van der Waals surface area contributed by atoms with Crippen molar-refractivity contribution < 1.29 is 14.6 Å². The van der Waals surface area contributed by atoms with Crippen LogP contribution in [0, 0.1) is 0 Å². The van der Waals surface area contributed by atoms with E-state index in [1.54, 1.807) is 12.3 Å². The summed E-state index contributed by atoms with van der Waals surface area (Å²) in [5.41, 5.74) is 2.67. The molecule has 31 heavy (non-hydrogen) atoms. The van der Waals surface area contributed by atoms with Crippen LogP contribution in [-0.4, -0.2) is 31.0 Å². The summed E-state index contributed by atoms with van der Waals surface area (Å²) in [5, 5.41) is 13.7. The number of hydrogen-bond acceptors (Lipinski definition) is 5. The number of hydrogen-bond donors (Lipinski definition) is 1. The van der Waals surface area contributed by atoms with Crippen LogP contribution < -0.4 is 4.74 Å². The second kappa shape index (κ2) is 11.2. The van der Waals surface area contributed by atoms with E-state index < -0.39 is 6.16 Å². The smallest absolute Gasteiger partial charge is 0.449 e. The molecule has 0 aliphatic carbocycles. The number of ether oxygens (including phenoxy) is 1. The number of unbranched alkanes of at least 4 members (excludes halogenated alkanes) is 3. The van der Waals surface area contributed by atoms with Crippen LogP contribution in [0.1, 0.15) is 63.2 Å². The Kier molecular flexibility index (Phi) is 8.15. The molecule has 7 nitrogen and oxygen atoms in total. The number of pyridine rings is 1. The molecule has 0 unspecified atom stereocenters. The summed E-state index contributed by atoms with van der Waals surface area (Å²) in [6, 6.07) is 9.73. The van der Waals surface area contributed by atoms with E-state index in [0.717, 1.165) is 54.9 Å². The molecule has 0 atom stereocenters. The van der Waals surface area contributed by atoms with Crippen LogP contribution in [0.4, 0.5) is 4.79 Å². The van der Waals surface area contributed by atoms with Gasteiger partial charge in [-0.1, -0.05) is 57.4 Å². The fraction of sp³-hybridized carbons (Fsp3) is 0.417. The highest BCUT2D eigenvalue weighted by Gasteiger charge is 2.12. The minimum absolute atomic E-state index is 0.220. The van der Waals surface area contributed by atoms with Crippen LogP contribution in [0.2, 0.25) is 0 Å². The van der Waals surface area contributed by atoms with Gasteiger partial charge in [0.25, 0.3) is 0 Å². The summed E-state index contributed by atoms with van der Waals surface area (Å²) in [6.07, 6.45) is 9.26. The van der Waals surface area contributed by atoms with Crippen molar-refractivity contribution in [2.45, 2.75) is 65.3 Å². The summed E-state index contributed by atoms with van der Waals surface area (Å²) in [4.78, 5) is 19.7. The Balaban J connectivity index is 1.77. The van der Waals surface area contributed by atoms with Gasteiger partial charge in [0.2, 0.25) is 0 Å². The van der Waals surface area contributed by atoms with Gasteiger partial charge in [-0.05, 0) is 30.0 Å². The Labute approximate surface area is 183 Å². The lowest BCUT2D eigenvalue weighted by molar-refractivity contribution is 0.144. The largest absolute Gasteiger partial charge is 0.511 e. The Morgan fingerprint density at radius 3 is 2.52 bits per heavy atom. The molecule has 0 aliphatic rings. The van der Waals surface area contributed by atoms with Gasteiger partial charge in [-0.2, -0.15) is 5.10 Å². The molecule has 0 amide bonds. The first-order valence-electron chi connectivity index (χ1n) is 11.0. The zero-order chi connectivity index (χ0) is 22.1. The van der Waals surface area contributed by atoms with Gasteiger partial charge in [-0.15, -0.1) is 0 Å². The molecule has 1 N–H and O–H groups in total. The highest BCUT2D eigenvalue weighted by atomic mass is 16.7. The van der Waals surface area contributed by atoms with Gasteiger partial charge in [0.15, 0.2) is 11.6 Å². The quantitative estimate of drug-likeness (QED) is 0.323. The third kappa shape index (κ3) is 6.38. The molecule has 0 fully saturated rings. The molecule has 3 rings (SSSR count). The number of aromatic nitrogens is 4. The van der Waals surface area contributed by atoms with E-state index in [9.17, 15) is 4.79 Å². The summed E-state index contributed by atoms with van der Waals surface area (Å²) in [5.74, 6) is 2.20. The molecule has 0 radical (unpaired) electrons.